The number of hydrogen-bond donors (Lipinski definition) is 1. The van der Waals surface area contributed by atoms with Crippen molar-refractivity contribution in [2.24, 2.45) is 5.92 Å². The highest BCUT2D eigenvalue weighted by molar-refractivity contribution is 9.10. The van der Waals surface area contributed by atoms with E-state index in [4.69, 9.17) is 0 Å². The summed E-state index contributed by atoms with van der Waals surface area (Å²) in [6.45, 7) is 2.44. The van der Waals surface area contributed by atoms with Crippen molar-refractivity contribution < 1.29 is 9.59 Å². The van der Waals surface area contributed by atoms with Crippen LogP contribution < -0.4 is 10.2 Å². The number of hydrogen-bond acceptors (Lipinski definition) is 5. The summed E-state index contributed by atoms with van der Waals surface area (Å²) in [5, 5.41) is 12.2. The SMILES string of the molecule is CCCc1nnc(NC(=O)[C@@H]2CC(=O)N(c3ccccc3Br)C2)s1. The highest BCUT2D eigenvalue weighted by Crippen LogP contribution is 2.31. The zero-order chi connectivity index (χ0) is 17.1. The van der Waals surface area contributed by atoms with Crippen LogP contribution >= 0.6 is 27.3 Å². The summed E-state index contributed by atoms with van der Waals surface area (Å²) in [4.78, 5) is 26.4. The van der Waals surface area contributed by atoms with Gasteiger partial charge in [-0.1, -0.05) is 30.4 Å². The third-order valence-corrected chi connectivity index (χ3v) is 5.37. The number of anilines is 2. The molecule has 0 radical (unpaired) electrons. The van der Waals surface area contributed by atoms with Gasteiger partial charge in [0.1, 0.15) is 5.01 Å². The van der Waals surface area contributed by atoms with Crippen LogP contribution in [0.3, 0.4) is 0 Å². The second kappa shape index (κ2) is 7.40. The number of aryl methyl sites for hydroxylation is 1. The molecule has 0 saturated carbocycles. The van der Waals surface area contributed by atoms with Crippen molar-refractivity contribution in [2.75, 3.05) is 16.8 Å². The average Bonchev–Trinajstić information content (AvgIpc) is 3.15. The van der Waals surface area contributed by atoms with Gasteiger partial charge in [-0.05, 0) is 34.5 Å². The van der Waals surface area contributed by atoms with Gasteiger partial charge in [-0.25, -0.2) is 0 Å². The number of carbonyl (C=O) groups excluding carboxylic acids is 2. The summed E-state index contributed by atoms with van der Waals surface area (Å²) in [6, 6.07) is 7.51. The fraction of sp³-hybridized carbons (Fsp3) is 0.375. The Hall–Kier alpha value is -1.80. The number of nitrogens with zero attached hydrogens (tertiary/aromatic N) is 3. The first kappa shape index (κ1) is 17.0. The summed E-state index contributed by atoms with van der Waals surface area (Å²) in [5.41, 5.74) is 0.791. The smallest absolute Gasteiger partial charge is 0.231 e. The van der Waals surface area contributed by atoms with E-state index in [2.05, 4.69) is 38.4 Å². The van der Waals surface area contributed by atoms with E-state index >= 15 is 0 Å². The van der Waals surface area contributed by atoms with Crippen molar-refractivity contribution in [2.45, 2.75) is 26.2 Å². The Balaban J connectivity index is 1.66. The predicted octanol–water partition coefficient (Wildman–Crippen LogP) is 3.24. The molecule has 8 heteroatoms. The van der Waals surface area contributed by atoms with Crippen molar-refractivity contribution in [1.29, 1.82) is 0 Å². The summed E-state index contributed by atoms with van der Waals surface area (Å²) in [5.74, 6) is -0.619. The van der Waals surface area contributed by atoms with Gasteiger partial charge in [0.15, 0.2) is 0 Å². The minimum absolute atomic E-state index is 0.0500. The molecule has 1 fully saturated rings. The van der Waals surface area contributed by atoms with Gasteiger partial charge in [0, 0.05) is 23.9 Å². The summed E-state index contributed by atoms with van der Waals surface area (Å²) < 4.78 is 0.840. The normalized spacial score (nSPS) is 17.3. The second-order valence-electron chi connectivity index (χ2n) is 5.60. The van der Waals surface area contributed by atoms with Crippen LogP contribution in [0.4, 0.5) is 10.8 Å². The zero-order valence-electron chi connectivity index (χ0n) is 13.2. The monoisotopic (exact) mass is 408 g/mol. The van der Waals surface area contributed by atoms with Crippen LogP contribution in [0.5, 0.6) is 0 Å². The Labute approximate surface area is 152 Å². The molecule has 3 rings (SSSR count). The third-order valence-electron chi connectivity index (χ3n) is 3.80. The molecule has 0 spiro atoms. The fourth-order valence-corrected chi connectivity index (χ4v) is 3.96. The number of amides is 2. The van der Waals surface area contributed by atoms with Crippen molar-refractivity contribution in [3.63, 3.8) is 0 Å². The van der Waals surface area contributed by atoms with E-state index in [1.807, 2.05) is 24.3 Å². The topological polar surface area (TPSA) is 75.2 Å². The molecule has 1 N–H and O–H groups in total. The summed E-state index contributed by atoms with van der Waals surface area (Å²) in [6.07, 6.45) is 2.04. The van der Waals surface area contributed by atoms with Gasteiger partial charge in [-0.3, -0.25) is 9.59 Å². The summed E-state index contributed by atoms with van der Waals surface area (Å²) >= 11 is 4.84. The second-order valence-corrected chi connectivity index (χ2v) is 7.51. The molecule has 0 aliphatic carbocycles. The van der Waals surface area contributed by atoms with Gasteiger partial charge in [0.2, 0.25) is 16.9 Å². The van der Waals surface area contributed by atoms with Crippen molar-refractivity contribution in [1.82, 2.24) is 10.2 Å². The molecule has 2 aromatic rings. The number of rotatable bonds is 5. The van der Waals surface area contributed by atoms with Crippen LogP contribution in [0, 0.1) is 5.92 Å². The van der Waals surface area contributed by atoms with Crippen LogP contribution in [0.15, 0.2) is 28.7 Å². The van der Waals surface area contributed by atoms with Crippen molar-refractivity contribution >= 4 is 49.9 Å². The van der Waals surface area contributed by atoms with Gasteiger partial charge in [-0.15, -0.1) is 10.2 Å². The van der Waals surface area contributed by atoms with E-state index in [0.717, 1.165) is 28.0 Å². The lowest BCUT2D eigenvalue weighted by atomic mass is 10.1. The highest BCUT2D eigenvalue weighted by atomic mass is 79.9. The van der Waals surface area contributed by atoms with Crippen LogP contribution in [-0.2, 0) is 16.0 Å². The molecule has 1 aromatic carbocycles. The maximum atomic E-state index is 12.4. The number of aromatic nitrogens is 2. The first-order chi connectivity index (χ1) is 11.6. The quantitative estimate of drug-likeness (QED) is 0.823. The lowest BCUT2D eigenvalue weighted by Gasteiger charge is -2.18. The van der Waals surface area contributed by atoms with Crippen LogP contribution in [0.25, 0.3) is 0 Å². The first-order valence-electron chi connectivity index (χ1n) is 7.76. The van der Waals surface area contributed by atoms with E-state index in [1.54, 1.807) is 4.90 Å². The zero-order valence-corrected chi connectivity index (χ0v) is 15.6. The largest absolute Gasteiger partial charge is 0.310 e. The van der Waals surface area contributed by atoms with Gasteiger partial charge in [0.05, 0.1) is 11.6 Å². The Morgan fingerprint density at radius 2 is 2.21 bits per heavy atom. The van der Waals surface area contributed by atoms with Crippen LogP contribution in [0.1, 0.15) is 24.8 Å². The molecule has 1 saturated heterocycles. The number of para-hydroxylation sites is 1. The molecule has 1 atom stereocenters. The first-order valence-corrected chi connectivity index (χ1v) is 9.37. The lowest BCUT2D eigenvalue weighted by Crippen LogP contribution is -2.28. The van der Waals surface area contributed by atoms with E-state index in [9.17, 15) is 9.59 Å². The van der Waals surface area contributed by atoms with Gasteiger partial charge in [-0.2, -0.15) is 0 Å². The standard InChI is InChI=1S/C16H17BrN4O2S/c1-2-5-13-19-20-16(24-13)18-15(23)10-8-14(22)21(9-10)12-7-4-3-6-11(12)17/h3-4,6-7,10H,2,5,8-9H2,1H3,(H,18,20,23)/t10-/m1/s1. The van der Waals surface area contributed by atoms with E-state index in [1.165, 1.54) is 11.3 Å². The molecule has 24 heavy (non-hydrogen) atoms. The Morgan fingerprint density at radius 1 is 1.42 bits per heavy atom. The van der Waals surface area contributed by atoms with Crippen molar-refractivity contribution in [3.8, 4) is 0 Å². The number of halogens is 1. The van der Waals surface area contributed by atoms with Gasteiger partial charge in [0.25, 0.3) is 0 Å². The minimum atomic E-state index is -0.386. The van der Waals surface area contributed by atoms with Gasteiger partial charge < -0.3 is 10.2 Å². The van der Waals surface area contributed by atoms with Crippen molar-refractivity contribution in [3.05, 3.63) is 33.7 Å². The maximum Gasteiger partial charge on any atom is 0.231 e. The summed E-state index contributed by atoms with van der Waals surface area (Å²) in [7, 11) is 0. The molecular weight excluding hydrogens is 392 g/mol. The molecule has 0 unspecified atom stereocenters. The Morgan fingerprint density at radius 3 is 2.96 bits per heavy atom. The molecule has 2 amide bonds. The van der Waals surface area contributed by atoms with E-state index in [0.29, 0.717) is 11.7 Å². The molecule has 0 bridgehead atoms. The minimum Gasteiger partial charge on any atom is -0.310 e. The third kappa shape index (κ3) is 3.64. The molecule has 1 aromatic heterocycles. The lowest BCUT2D eigenvalue weighted by molar-refractivity contribution is -0.122. The molecular formula is C16H17BrN4O2S. The molecule has 2 heterocycles. The maximum absolute atomic E-state index is 12.4. The fourth-order valence-electron chi connectivity index (χ4n) is 2.61. The Kier molecular flexibility index (Phi) is 5.25. The molecule has 1 aliphatic rings. The Bertz CT molecular complexity index is 764. The molecule has 6 nitrogen and oxygen atoms in total. The van der Waals surface area contributed by atoms with E-state index < -0.39 is 0 Å². The van der Waals surface area contributed by atoms with Gasteiger partial charge >= 0.3 is 0 Å². The number of carbonyl (C=O) groups is 2. The van der Waals surface area contributed by atoms with Crippen LogP contribution in [0.2, 0.25) is 0 Å². The van der Waals surface area contributed by atoms with E-state index in [-0.39, 0.29) is 24.2 Å². The number of benzene rings is 1. The molecule has 126 valence electrons. The van der Waals surface area contributed by atoms with Crippen LogP contribution in [-0.4, -0.2) is 28.6 Å². The molecule has 1 aliphatic heterocycles. The average molecular weight is 409 g/mol. The predicted molar refractivity (Wildman–Crippen MR) is 97.1 cm³/mol. The number of nitrogens with one attached hydrogen (secondary N) is 1. The highest BCUT2D eigenvalue weighted by Gasteiger charge is 2.36.